The zero-order chi connectivity index (χ0) is 19.3. The van der Waals surface area contributed by atoms with E-state index >= 15 is 0 Å². The highest BCUT2D eigenvalue weighted by Crippen LogP contribution is 2.27. The summed E-state index contributed by atoms with van der Waals surface area (Å²) >= 11 is 1.20. The van der Waals surface area contributed by atoms with Crippen molar-refractivity contribution in [2.75, 3.05) is 24.3 Å². The van der Waals surface area contributed by atoms with Gasteiger partial charge in [0.15, 0.2) is 0 Å². The van der Waals surface area contributed by atoms with E-state index in [0.717, 1.165) is 5.01 Å². The molecule has 0 aliphatic carbocycles. The molecule has 0 fully saturated rings. The molecule has 9 nitrogen and oxygen atoms in total. The predicted octanol–water partition coefficient (Wildman–Crippen LogP) is 2.62. The minimum Gasteiger partial charge on any atom is -0.377 e. The average molecular weight is 372 g/mol. The van der Waals surface area contributed by atoms with Gasteiger partial charge in [0.05, 0.1) is 10.5 Å². The van der Waals surface area contributed by atoms with Crippen molar-refractivity contribution in [1.29, 1.82) is 5.26 Å². The Morgan fingerprint density at radius 3 is 2.73 bits per heavy atom. The number of carbonyl (C=O) groups excluding carboxylic acids is 1. The fourth-order valence-corrected chi connectivity index (χ4v) is 2.68. The Morgan fingerprint density at radius 2 is 2.19 bits per heavy atom. The van der Waals surface area contributed by atoms with Crippen molar-refractivity contribution in [2.45, 2.75) is 13.3 Å². The maximum Gasteiger partial charge on any atom is 0.278 e. The number of rotatable bonds is 6. The summed E-state index contributed by atoms with van der Waals surface area (Å²) in [5.41, 5.74) is 0.344. The van der Waals surface area contributed by atoms with Crippen LogP contribution in [0.2, 0.25) is 0 Å². The summed E-state index contributed by atoms with van der Waals surface area (Å²) in [7, 11) is 3.52. The fraction of sp³-hybridized carbons (Fsp3) is 0.250. The number of nitriles is 1. The van der Waals surface area contributed by atoms with Crippen LogP contribution in [-0.4, -0.2) is 35.1 Å². The largest absolute Gasteiger partial charge is 0.377 e. The van der Waals surface area contributed by atoms with Gasteiger partial charge in [-0.1, -0.05) is 18.3 Å². The number of hydrogen-bond donors (Lipinski definition) is 1. The monoisotopic (exact) mass is 372 g/mol. The molecule has 10 heteroatoms. The van der Waals surface area contributed by atoms with E-state index in [2.05, 4.69) is 15.5 Å². The predicted molar refractivity (Wildman–Crippen MR) is 98.9 cm³/mol. The highest BCUT2D eigenvalue weighted by atomic mass is 32.1. The molecule has 0 atom stereocenters. The quantitative estimate of drug-likeness (QED) is 0.357. The smallest absolute Gasteiger partial charge is 0.278 e. The van der Waals surface area contributed by atoms with Crippen LogP contribution in [0.4, 0.5) is 16.5 Å². The number of nitro groups is 1. The number of amides is 1. The van der Waals surface area contributed by atoms with E-state index in [1.165, 1.54) is 29.5 Å². The molecule has 134 valence electrons. The SMILES string of the molecule is CCc1nnc(NC(=O)/C(C#N)=C\c2ccc(N(C)C)cc2[N+](=O)[O-])s1. The molecule has 0 unspecified atom stereocenters. The number of carbonyl (C=O) groups is 1. The van der Waals surface area contributed by atoms with Crippen LogP contribution >= 0.6 is 11.3 Å². The Balaban J connectivity index is 2.34. The van der Waals surface area contributed by atoms with Crippen molar-refractivity contribution in [1.82, 2.24) is 10.2 Å². The first kappa shape index (κ1) is 19.0. The van der Waals surface area contributed by atoms with Crippen LogP contribution in [0.3, 0.4) is 0 Å². The van der Waals surface area contributed by atoms with E-state index in [9.17, 15) is 20.2 Å². The Bertz CT molecular complexity index is 913. The Hall–Kier alpha value is -3.32. The molecule has 0 radical (unpaired) electrons. The van der Waals surface area contributed by atoms with E-state index < -0.39 is 10.8 Å². The highest BCUT2D eigenvalue weighted by molar-refractivity contribution is 7.15. The molecule has 0 saturated heterocycles. The van der Waals surface area contributed by atoms with Crippen LogP contribution in [-0.2, 0) is 11.2 Å². The summed E-state index contributed by atoms with van der Waals surface area (Å²) in [6, 6.07) is 6.32. The normalized spacial score (nSPS) is 10.9. The van der Waals surface area contributed by atoms with Crippen LogP contribution in [0.5, 0.6) is 0 Å². The van der Waals surface area contributed by atoms with Crippen molar-refractivity contribution in [3.8, 4) is 6.07 Å². The summed E-state index contributed by atoms with van der Waals surface area (Å²) < 4.78 is 0. The second kappa shape index (κ2) is 8.17. The summed E-state index contributed by atoms with van der Waals surface area (Å²) in [6.07, 6.45) is 1.87. The molecule has 0 aliphatic rings. The Kier molecular flexibility index (Phi) is 5.98. The molecular weight excluding hydrogens is 356 g/mol. The van der Waals surface area contributed by atoms with E-state index in [1.54, 1.807) is 31.1 Å². The minimum atomic E-state index is -0.697. The lowest BCUT2D eigenvalue weighted by Crippen LogP contribution is -2.13. The molecule has 1 aromatic carbocycles. The topological polar surface area (TPSA) is 125 Å². The maximum absolute atomic E-state index is 12.3. The molecule has 0 spiro atoms. The van der Waals surface area contributed by atoms with Crippen molar-refractivity contribution in [3.05, 3.63) is 44.5 Å². The van der Waals surface area contributed by atoms with Crippen LogP contribution < -0.4 is 10.2 Å². The Labute approximate surface area is 153 Å². The molecule has 1 aromatic heterocycles. The second-order valence-corrected chi connectivity index (χ2v) is 6.44. The van der Waals surface area contributed by atoms with Gasteiger partial charge in [0, 0.05) is 25.8 Å². The van der Waals surface area contributed by atoms with E-state index in [1.807, 2.05) is 6.92 Å². The summed E-state index contributed by atoms with van der Waals surface area (Å²) in [5, 5.41) is 31.8. The van der Waals surface area contributed by atoms with Gasteiger partial charge in [0.1, 0.15) is 16.6 Å². The van der Waals surface area contributed by atoms with E-state index in [4.69, 9.17) is 0 Å². The molecule has 1 N–H and O–H groups in total. The summed E-state index contributed by atoms with van der Waals surface area (Å²) in [5.74, 6) is -0.697. The number of anilines is 2. The zero-order valence-electron chi connectivity index (χ0n) is 14.4. The van der Waals surface area contributed by atoms with Gasteiger partial charge in [-0.25, -0.2) is 0 Å². The van der Waals surface area contributed by atoms with Crippen molar-refractivity contribution in [2.24, 2.45) is 0 Å². The average Bonchev–Trinajstić information content (AvgIpc) is 3.06. The highest BCUT2D eigenvalue weighted by Gasteiger charge is 2.18. The van der Waals surface area contributed by atoms with Gasteiger partial charge in [0.2, 0.25) is 5.13 Å². The molecule has 1 heterocycles. The summed E-state index contributed by atoms with van der Waals surface area (Å²) in [4.78, 5) is 24.8. The van der Waals surface area contributed by atoms with Gasteiger partial charge in [0.25, 0.3) is 11.6 Å². The molecule has 2 aromatic rings. The van der Waals surface area contributed by atoms with Crippen molar-refractivity contribution < 1.29 is 9.72 Å². The molecule has 1 amide bonds. The first-order valence-corrected chi connectivity index (χ1v) is 8.38. The fourth-order valence-electron chi connectivity index (χ4n) is 2.01. The minimum absolute atomic E-state index is 0.166. The maximum atomic E-state index is 12.3. The van der Waals surface area contributed by atoms with Gasteiger partial charge in [-0.3, -0.25) is 20.2 Å². The third kappa shape index (κ3) is 4.40. The lowest BCUT2D eigenvalue weighted by atomic mass is 10.1. The first-order valence-electron chi connectivity index (χ1n) is 7.57. The number of nitro benzene ring substituents is 1. The van der Waals surface area contributed by atoms with Gasteiger partial charge in [-0.2, -0.15) is 5.26 Å². The van der Waals surface area contributed by atoms with E-state index in [-0.39, 0.29) is 22.0 Å². The van der Waals surface area contributed by atoms with Crippen LogP contribution in [0.1, 0.15) is 17.5 Å². The molecule has 26 heavy (non-hydrogen) atoms. The van der Waals surface area contributed by atoms with Gasteiger partial charge in [-0.15, -0.1) is 10.2 Å². The Morgan fingerprint density at radius 1 is 1.46 bits per heavy atom. The van der Waals surface area contributed by atoms with Crippen LogP contribution in [0, 0.1) is 21.4 Å². The number of aryl methyl sites for hydroxylation is 1. The summed E-state index contributed by atoms with van der Waals surface area (Å²) in [6.45, 7) is 1.91. The second-order valence-electron chi connectivity index (χ2n) is 5.37. The number of hydrogen-bond acceptors (Lipinski definition) is 8. The van der Waals surface area contributed by atoms with Crippen LogP contribution in [0.15, 0.2) is 23.8 Å². The molecule has 2 rings (SSSR count). The van der Waals surface area contributed by atoms with Crippen LogP contribution in [0.25, 0.3) is 6.08 Å². The molecule has 0 bridgehead atoms. The van der Waals surface area contributed by atoms with Gasteiger partial charge < -0.3 is 4.90 Å². The van der Waals surface area contributed by atoms with Gasteiger partial charge in [-0.05, 0) is 24.6 Å². The third-order valence-corrected chi connectivity index (χ3v) is 4.36. The standard InChI is InChI=1S/C16H16N6O3S/c1-4-14-19-20-16(26-14)18-15(23)11(9-17)7-10-5-6-12(21(2)3)8-13(10)22(24)25/h5-8H,4H2,1-3H3,(H,18,20,23)/b11-7-. The first-order chi connectivity index (χ1) is 12.3. The van der Waals surface area contributed by atoms with Gasteiger partial charge >= 0.3 is 0 Å². The number of benzene rings is 1. The zero-order valence-corrected chi connectivity index (χ0v) is 15.2. The van der Waals surface area contributed by atoms with Crippen molar-refractivity contribution in [3.63, 3.8) is 0 Å². The number of nitrogens with one attached hydrogen (secondary N) is 1. The molecular formula is C16H16N6O3S. The number of aromatic nitrogens is 2. The lowest BCUT2D eigenvalue weighted by Gasteiger charge is -2.12. The van der Waals surface area contributed by atoms with Crippen molar-refractivity contribution >= 4 is 39.8 Å². The third-order valence-electron chi connectivity index (χ3n) is 3.38. The number of nitrogens with zero attached hydrogens (tertiary/aromatic N) is 5. The van der Waals surface area contributed by atoms with E-state index in [0.29, 0.717) is 12.1 Å². The molecule has 0 saturated carbocycles. The molecule has 0 aliphatic heterocycles. The lowest BCUT2D eigenvalue weighted by molar-refractivity contribution is -0.385.